The molecular formula is C12H18O2. The minimum absolute atomic E-state index is 0.435. The molecule has 3 rings (SSSR count). The molecular weight excluding hydrogens is 176 g/mol. The Hall–Kier alpha value is -0.530. The molecule has 3 saturated carbocycles. The van der Waals surface area contributed by atoms with Crippen LogP contribution in [-0.2, 0) is 4.79 Å². The third-order valence-corrected chi connectivity index (χ3v) is 5.00. The second-order valence-corrected chi connectivity index (χ2v) is 5.51. The quantitative estimate of drug-likeness (QED) is 0.733. The van der Waals surface area contributed by atoms with Gasteiger partial charge in [0.05, 0.1) is 0 Å². The summed E-state index contributed by atoms with van der Waals surface area (Å²) in [4.78, 5) is 10.7. The Bertz CT molecular complexity index is 261. The van der Waals surface area contributed by atoms with Crippen LogP contribution in [0.4, 0.5) is 0 Å². The van der Waals surface area contributed by atoms with E-state index in [9.17, 15) is 4.79 Å². The van der Waals surface area contributed by atoms with Gasteiger partial charge in [0, 0.05) is 6.42 Å². The highest BCUT2D eigenvalue weighted by atomic mass is 16.4. The Balaban J connectivity index is 1.73. The number of carboxylic acid groups (broad SMARTS) is 1. The van der Waals surface area contributed by atoms with E-state index in [1.54, 1.807) is 0 Å². The molecule has 2 bridgehead atoms. The number of carbonyl (C=O) groups is 1. The van der Waals surface area contributed by atoms with Crippen molar-refractivity contribution in [1.82, 2.24) is 0 Å². The smallest absolute Gasteiger partial charge is 0.303 e. The van der Waals surface area contributed by atoms with Crippen molar-refractivity contribution in [3.05, 3.63) is 0 Å². The van der Waals surface area contributed by atoms with Crippen LogP contribution in [0.15, 0.2) is 0 Å². The fraction of sp³-hybridized carbons (Fsp3) is 0.917. The summed E-state index contributed by atoms with van der Waals surface area (Å²) in [5.41, 5.74) is 0. The molecule has 0 aromatic carbocycles. The lowest BCUT2D eigenvalue weighted by molar-refractivity contribution is -0.138. The van der Waals surface area contributed by atoms with Gasteiger partial charge in [0.25, 0.3) is 0 Å². The minimum Gasteiger partial charge on any atom is -0.481 e. The zero-order valence-electron chi connectivity index (χ0n) is 8.48. The molecule has 0 spiro atoms. The Morgan fingerprint density at radius 3 is 2.71 bits per heavy atom. The molecule has 0 radical (unpaired) electrons. The molecule has 3 aliphatic carbocycles. The van der Waals surface area contributed by atoms with Crippen molar-refractivity contribution < 1.29 is 9.90 Å². The second kappa shape index (κ2) is 2.98. The van der Waals surface area contributed by atoms with Gasteiger partial charge in [0.2, 0.25) is 0 Å². The van der Waals surface area contributed by atoms with E-state index in [-0.39, 0.29) is 0 Å². The highest BCUT2D eigenvalue weighted by Crippen LogP contribution is 2.61. The van der Waals surface area contributed by atoms with Gasteiger partial charge >= 0.3 is 5.97 Å². The number of hydrogen-bond acceptors (Lipinski definition) is 1. The van der Waals surface area contributed by atoms with E-state index >= 15 is 0 Å². The molecule has 2 heteroatoms. The van der Waals surface area contributed by atoms with Gasteiger partial charge in [-0.25, -0.2) is 0 Å². The monoisotopic (exact) mass is 194 g/mol. The molecule has 0 aromatic heterocycles. The van der Waals surface area contributed by atoms with E-state index in [4.69, 9.17) is 5.11 Å². The van der Waals surface area contributed by atoms with Gasteiger partial charge in [-0.2, -0.15) is 0 Å². The summed E-state index contributed by atoms with van der Waals surface area (Å²) in [7, 11) is 0. The van der Waals surface area contributed by atoms with E-state index in [1.807, 2.05) is 0 Å². The number of aliphatic carboxylic acids is 1. The highest BCUT2D eigenvalue weighted by molar-refractivity contribution is 5.67. The maximum Gasteiger partial charge on any atom is 0.303 e. The third-order valence-electron chi connectivity index (χ3n) is 5.00. The molecule has 0 aromatic rings. The topological polar surface area (TPSA) is 37.3 Å². The van der Waals surface area contributed by atoms with Crippen LogP contribution in [0, 0.1) is 29.6 Å². The Morgan fingerprint density at radius 2 is 1.93 bits per heavy atom. The van der Waals surface area contributed by atoms with Crippen molar-refractivity contribution in [2.75, 3.05) is 0 Å². The van der Waals surface area contributed by atoms with E-state index in [2.05, 4.69) is 0 Å². The molecule has 3 aliphatic rings. The van der Waals surface area contributed by atoms with Crippen molar-refractivity contribution >= 4 is 5.97 Å². The zero-order valence-corrected chi connectivity index (χ0v) is 8.48. The van der Waals surface area contributed by atoms with Gasteiger partial charge in [-0.05, 0) is 55.3 Å². The summed E-state index contributed by atoms with van der Waals surface area (Å²) < 4.78 is 0. The summed E-state index contributed by atoms with van der Waals surface area (Å²) in [6.07, 6.45) is 7.24. The van der Waals surface area contributed by atoms with E-state index in [0.717, 1.165) is 23.7 Å². The fourth-order valence-corrected chi connectivity index (χ4v) is 4.67. The number of fused-ring (bicyclic) bond motifs is 5. The summed E-state index contributed by atoms with van der Waals surface area (Å²) in [5, 5.41) is 8.84. The number of carboxylic acids is 1. The first-order valence-electron chi connectivity index (χ1n) is 5.97. The molecule has 5 unspecified atom stereocenters. The summed E-state index contributed by atoms with van der Waals surface area (Å²) in [5.74, 6) is 3.53. The molecule has 14 heavy (non-hydrogen) atoms. The van der Waals surface area contributed by atoms with Crippen LogP contribution in [0.2, 0.25) is 0 Å². The molecule has 2 nitrogen and oxygen atoms in total. The van der Waals surface area contributed by atoms with Crippen LogP contribution in [-0.4, -0.2) is 11.1 Å². The van der Waals surface area contributed by atoms with E-state index in [0.29, 0.717) is 12.3 Å². The van der Waals surface area contributed by atoms with Crippen molar-refractivity contribution in [3.8, 4) is 0 Å². The van der Waals surface area contributed by atoms with Gasteiger partial charge in [-0.1, -0.05) is 6.42 Å². The van der Waals surface area contributed by atoms with Crippen LogP contribution < -0.4 is 0 Å². The molecule has 5 atom stereocenters. The van der Waals surface area contributed by atoms with Crippen LogP contribution in [0.3, 0.4) is 0 Å². The van der Waals surface area contributed by atoms with Crippen molar-refractivity contribution in [1.29, 1.82) is 0 Å². The first-order chi connectivity index (χ1) is 6.75. The first kappa shape index (κ1) is 8.75. The molecule has 78 valence electrons. The summed E-state index contributed by atoms with van der Waals surface area (Å²) in [6.45, 7) is 0. The fourth-order valence-electron chi connectivity index (χ4n) is 4.67. The molecule has 0 amide bonds. The Labute approximate surface area is 84.7 Å². The van der Waals surface area contributed by atoms with E-state index in [1.165, 1.54) is 32.1 Å². The SMILES string of the molecule is O=C(O)CC1CC2CC1C1CCCC21. The Morgan fingerprint density at radius 1 is 1.14 bits per heavy atom. The van der Waals surface area contributed by atoms with Gasteiger partial charge in [-0.3, -0.25) is 4.79 Å². The standard InChI is InChI=1S/C12H18O2/c13-12(14)6-8-4-7-5-11(8)10-3-1-2-9(7)10/h7-11H,1-6H2,(H,13,14). The molecule has 0 heterocycles. The average Bonchev–Trinajstić information content (AvgIpc) is 2.68. The maximum absolute atomic E-state index is 10.7. The predicted molar refractivity (Wildman–Crippen MR) is 52.8 cm³/mol. The van der Waals surface area contributed by atoms with Crippen molar-refractivity contribution in [2.45, 2.75) is 38.5 Å². The lowest BCUT2D eigenvalue weighted by atomic mass is 9.74. The lowest BCUT2D eigenvalue weighted by Crippen LogP contribution is -2.25. The lowest BCUT2D eigenvalue weighted by Gasteiger charge is -2.30. The van der Waals surface area contributed by atoms with Crippen molar-refractivity contribution in [3.63, 3.8) is 0 Å². The normalized spacial score (nSPS) is 49.6. The van der Waals surface area contributed by atoms with Crippen LogP contribution in [0.25, 0.3) is 0 Å². The molecule has 0 aliphatic heterocycles. The van der Waals surface area contributed by atoms with Gasteiger partial charge in [0.15, 0.2) is 0 Å². The van der Waals surface area contributed by atoms with Gasteiger partial charge in [-0.15, -0.1) is 0 Å². The summed E-state index contributed by atoms with van der Waals surface area (Å²) in [6, 6.07) is 0. The van der Waals surface area contributed by atoms with Crippen molar-refractivity contribution in [2.24, 2.45) is 29.6 Å². The highest BCUT2D eigenvalue weighted by Gasteiger charge is 2.53. The maximum atomic E-state index is 10.7. The Kier molecular flexibility index (Phi) is 1.86. The molecule has 0 saturated heterocycles. The minimum atomic E-state index is -0.586. The van der Waals surface area contributed by atoms with E-state index < -0.39 is 5.97 Å². The number of hydrogen-bond donors (Lipinski definition) is 1. The first-order valence-corrected chi connectivity index (χ1v) is 5.97. The van der Waals surface area contributed by atoms with Crippen LogP contribution in [0.5, 0.6) is 0 Å². The third kappa shape index (κ3) is 1.12. The predicted octanol–water partition coefficient (Wildman–Crippen LogP) is 2.53. The summed E-state index contributed by atoms with van der Waals surface area (Å²) >= 11 is 0. The van der Waals surface area contributed by atoms with Gasteiger partial charge < -0.3 is 5.11 Å². The second-order valence-electron chi connectivity index (χ2n) is 5.51. The molecule has 3 fully saturated rings. The van der Waals surface area contributed by atoms with Crippen LogP contribution >= 0.6 is 0 Å². The zero-order chi connectivity index (χ0) is 9.71. The molecule has 1 N–H and O–H groups in total. The largest absolute Gasteiger partial charge is 0.481 e. The number of rotatable bonds is 2. The average molecular weight is 194 g/mol. The van der Waals surface area contributed by atoms with Crippen LogP contribution in [0.1, 0.15) is 38.5 Å². The van der Waals surface area contributed by atoms with Gasteiger partial charge in [0.1, 0.15) is 0 Å².